The van der Waals surface area contributed by atoms with Gasteiger partial charge in [-0.3, -0.25) is 0 Å². The molecule has 0 radical (unpaired) electrons. The molecule has 52 heavy (non-hydrogen) atoms. The maximum Gasteiger partial charge on any atom is 0.0574 e. The molecular weight excluding hydrogens is 627 g/mol. The first-order valence-corrected chi connectivity index (χ1v) is 20.3. The predicted octanol–water partition coefficient (Wildman–Crippen LogP) is 16.5. The Morgan fingerprint density at radius 1 is 0.577 bits per heavy atom. The molecule has 0 unspecified atom stereocenters. The smallest absolute Gasteiger partial charge is 0.0574 e. The first-order valence-electron chi connectivity index (χ1n) is 20.3. The number of hydrogen-bond donors (Lipinski definition) is 0. The lowest BCUT2D eigenvalue weighted by molar-refractivity contribution is 0.410. The molecule has 0 aliphatic carbocycles. The van der Waals surface area contributed by atoms with Crippen LogP contribution in [-0.2, 0) is 0 Å². The summed E-state index contributed by atoms with van der Waals surface area (Å²) in [7, 11) is 0. The van der Waals surface area contributed by atoms with Gasteiger partial charge in [0.1, 0.15) is 0 Å². The molecule has 4 aromatic carbocycles. The van der Waals surface area contributed by atoms with Gasteiger partial charge in [-0.25, -0.2) is 0 Å². The van der Waals surface area contributed by atoms with Crippen molar-refractivity contribution in [3.05, 3.63) is 121 Å². The van der Waals surface area contributed by atoms with E-state index < -0.39 is 0 Å². The number of nitrogens with zero attached hydrogens (tertiary/aromatic N) is 1. The van der Waals surface area contributed by atoms with Crippen LogP contribution >= 0.6 is 0 Å². The molecule has 0 bridgehead atoms. The topological polar surface area (TPSA) is 4.93 Å². The van der Waals surface area contributed by atoms with E-state index in [9.17, 15) is 0 Å². The fourth-order valence-corrected chi connectivity index (χ4v) is 8.19. The van der Waals surface area contributed by atoms with Gasteiger partial charge in [0.05, 0.1) is 11.0 Å². The highest BCUT2D eigenvalue weighted by molar-refractivity contribution is 6.16. The summed E-state index contributed by atoms with van der Waals surface area (Å²) >= 11 is 0. The van der Waals surface area contributed by atoms with Crippen molar-refractivity contribution in [3.63, 3.8) is 0 Å². The molecule has 0 saturated heterocycles. The Hall–Kier alpha value is -4.36. The van der Waals surface area contributed by atoms with Crippen molar-refractivity contribution in [1.29, 1.82) is 0 Å². The lowest BCUT2D eigenvalue weighted by Crippen LogP contribution is -2.10. The number of hydrogen-bond acceptors (Lipinski definition) is 0. The molecule has 1 heterocycles. The van der Waals surface area contributed by atoms with E-state index in [1.165, 1.54) is 145 Å². The maximum atomic E-state index is 4.51. The number of allylic oxidation sites excluding steroid dienone is 2. The molecule has 0 aliphatic heterocycles. The SMILES string of the molecule is C=Cc1ccccc1-c1cc2c(cc1C(=C)C)c1cc(C(=C)C)cc(-c3ccccc3C=C)c1n2C(CCCCCCCC)CCCCCCCC. The lowest BCUT2D eigenvalue weighted by Gasteiger charge is -2.24. The van der Waals surface area contributed by atoms with Crippen molar-refractivity contribution in [2.75, 3.05) is 0 Å². The van der Waals surface area contributed by atoms with Crippen molar-refractivity contribution in [2.45, 2.75) is 124 Å². The summed E-state index contributed by atoms with van der Waals surface area (Å²) in [6, 6.07) is 27.5. The zero-order chi connectivity index (χ0) is 37.0. The first kappa shape index (κ1) is 38.9. The molecule has 1 nitrogen and oxygen atoms in total. The number of aromatic nitrogens is 1. The van der Waals surface area contributed by atoms with Crippen molar-refractivity contribution >= 4 is 45.1 Å². The van der Waals surface area contributed by atoms with Crippen LogP contribution in [0.4, 0.5) is 0 Å². The Balaban J connectivity index is 1.84. The van der Waals surface area contributed by atoms with Gasteiger partial charge in [0.2, 0.25) is 0 Å². The molecule has 0 aliphatic rings. The molecule has 0 spiro atoms. The molecule has 1 heteroatoms. The molecule has 1 aromatic heterocycles. The van der Waals surface area contributed by atoms with Crippen LogP contribution in [0.1, 0.15) is 146 Å². The van der Waals surface area contributed by atoms with Crippen LogP contribution in [0.3, 0.4) is 0 Å². The summed E-state index contributed by atoms with van der Waals surface area (Å²) < 4.78 is 2.78. The minimum atomic E-state index is 0.390. The highest BCUT2D eigenvalue weighted by Gasteiger charge is 2.25. The van der Waals surface area contributed by atoms with E-state index in [0.29, 0.717) is 6.04 Å². The van der Waals surface area contributed by atoms with Crippen LogP contribution in [0.15, 0.2) is 99.1 Å². The van der Waals surface area contributed by atoms with Gasteiger partial charge in [-0.15, -0.1) is 0 Å². The van der Waals surface area contributed by atoms with E-state index in [1.54, 1.807) is 0 Å². The minimum absolute atomic E-state index is 0.390. The van der Waals surface area contributed by atoms with Gasteiger partial charge >= 0.3 is 0 Å². The molecule has 0 fully saturated rings. The Morgan fingerprint density at radius 2 is 1.10 bits per heavy atom. The van der Waals surface area contributed by atoms with Gasteiger partial charge in [0, 0.05) is 22.4 Å². The Morgan fingerprint density at radius 3 is 1.62 bits per heavy atom. The summed E-state index contributed by atoms with van der Waals surface area (Å²) in [4.78, 5) is 0. The van der Waals surface area contributed by atoms with Gasteiger partial charge in [0.15, 0.2) is 0 Å². The Bertz CT molecular complexity index is 2000. The molecule has 5 rings (SSSR count). The molecular formula is C51H63N. The molecule has 0 atom stereocenters. The molecule has 272 valence electrons. The molecule has 0 saturated carbocycles. The van der Waals surface area contributed by atoms with Crippen LogP contribution in [0.2, 0.25) is 0 Å². The van der Waals surface area contributed by atoms with Crippen molar-refractivity contribution in [1.82, 2.24) is 4.57 Å². The van der Waals surface area contributed by atoms with Gasteiger partial charge in [-0.2, -0.15) is 0 Å². The number of unbranched alkanes of at least 4 members (excludes halogenated alkanes) is 10. The van der Waals surface area contributed by atoms with Crippen LogP contribution in [0.25, 0.3) is 67.4 Å². The highest BCUT2D eigenvalue weighted by atomic mass is 15.0. The molecule has 5 aromatic rings. The second-order valence-corrected chi connectivity index (χ2v) is 15.1. The summed E-state index contributed by atoms with van der Waals surface area (Å²) in [5.41, 5.74) is 14.4. The van der Waals surface area contributed by atoms with Gasteiger partial charge in [0.25, 0.3) is 0 Å². The van der Waals surface area contributed by atoms with Gasteiger partial charge in [-0.1, -0.05) is 189 Å². The van der Waals surface area contributed by atoms with E-state index in [1.807, 2.05) is 12.2 Å². The lowest BCUT2D eigenvalue weighted by atomic mass is 9.90. The fourth-order valence-electron chi connectivity index (χ4n) is 8.19. The second kappa shape index (κ2) is 18.9. The molecule has 0 N–H and O–H groups in total. The summed E-state index contributed by atoms with van der Waals surface area (Å²) in [6.45, 7) is 26.3. The largest absolute Gasteiger partial charge is 0.337 e. The van der Waals surface area contributed by atoms with Crippen LogP contribution in [-0.4, -0.2) is 4.57 Å². The summed E-state index contributed by atoms with van der Waals surface area (Å²) in [6.07, 6.45) is 22.1. The number of rotatable bonds is 21. The minimum Gasteiger partial charge on any atom is -0.337 e. The average molecular weight is 690 g/mol. The third kappa shape index (κ3) is 8.80. The Kier molecular flexibility index (Phi) is 14.1. The quantitative estimate of drug-likeness (QED) is 0.0676. The van der Waals surface area contributed by atoms with Crippen LogP contribution in [0.5, 0.6) is 0 Å². The van der Waals surface area contributed by atoms with E-state index in [0.717, 1.165) is 22.3 Å². The monoisotopic (exact) mass is 689 g/mol. The van der Waals surface area contributed by atoms with Crippen molar-refractivity contribution < 1.29 is 0 Å². The van der Waals surface area contributed by atoms with E-state index >= 15 is 0 Å². The average Bonchev–Trinajstić information content (AvgIpc) is 3.48. The fraction of sp³-hybridized carbons (Fsp3) is 0.373. The zero-order valence-electron chi connectivity index (χ0n) is 32.8. The van der Waals surface area contributed by atoms with Crippen molar-refractivity contribution in [2.24, 2.45) is 0 Å². The van der Waals surface area contributed by atoms with Crippen LogP contribution in [0, 0.1) is 0 Å². The van der Waals surface area contributed by atoms with Gasteiger partial charge < -0.3 is 4.57 Å². The highest BCUT2D eigenvalue weighted by Crippen LogP contribution is 2.46. The molecule has 0 amide bonds. The summed E-state index contributed by atoms with van der Waals surface area (Å²) in [5, 5.41) is 2.59. The third-order valence-corrected chi connectivity index (χ3v) is 11.1. The van der Waals surface area contributed by atoms with Crippen LogP contribution < -0.4 is 0 Å². The first-order chi connectivity index (χ1) is 25.3. The van der Waals surface area contributed by atoms with E-state index in [-0.39, 0.29) is 0 Å². The number of fused-ring (bicyclic) bond motifs is 3. The maximum absolute atomic E-state index is 4.51. The standard InChI is InChI=1S/C51H63N/c1-9-13-15-17-19-21-29-42(30-22-20-18-16-14-10-2)52-50-36-46(43-31-25-23-27-39(43)11-3)45(38(7)8)35-47(50)49-34-41(37(5)6)33-48(51(49)52)44-32-26-24-28-40(44)12-4/h11-12,23-28,31-36,42H,3-5,7,9-10,13-22,29-30H2,1-2,6,8H3. The summed E-state index contributed by atoms with van der Waals surface area (Å²) in [5.74, 6) is 0. The van der Waals surface area contributed by atoms with Crippen molar-refractivity contribution in [3.8, 4) is 22.3 Å². The zero-order valence-corrected chi connectivity index (χ0v) is 32.8. The van der Waals surface area contributed by atoms with E-state index in [4.69, 9.17) is 0 Å². The van der Waals surface area contributed by atoms with E-state index in [2.05, 4.69) is 131 Å². The van der Waals surface area contributed by atoms with Gasteiger partial charge in [-0.05, 0) is 89.9 Å². The predicted molar refractivity (Wildman–Crippen MR) is 235 cm³/mol. The normalized spacial score (nSPS) is 11.5. The third-order valence-electron chi connectivity index (χ3n) is 11.1. The number of benzene rings is 4. The Labute approximate surface area is 315 Å². The second-order valence-electron chi connectivity index (χ2n) is 15.1.